The van der Waals surface area contributed by atoms with Crippen LogP contribution in [0.3, 0.4) is 0 Å². The van der Waals surface area contributed by atoms with Gasteiger partial charge in [0.15, 0.2) is 18.1 Å². The second-order valence-corrected chi connectivity index (χ2v) is 5.74. The van der Waals surface area contributed by atoms with Crippen LogP contribution in [0.2, 0.25) is 0 Å². The van der Waals surface area contributed by atoms with Crippen molar-refractivity contribution in [2.45, 2.75) is 6.92 Å². The topological polar surface area (TPSA) is 67.9 Å². The predicted molar refractivity (Wildman–Crippen MR) is 96.3 cm³/mol. The van der Waals surface area contributed by atoms with Gasteiger partial charge >= 0.3 is 0 Å². The Bertz CT molecular complexity index is 772. The summed E-state index contributed by atoms with van der Waals surface area (Å²) < 4.78 is 10.8. The molecule has 0 aliphatic heterocycles. The molecule has 6 heteroatoms. The van der Waals surface area contributed by atoms with Crippen LogP contribution >= 0.6 is 0 Å². The average molecular weight is 342 g/mol. The number of nitrogens with zero attached hydrogens (tertiary/aromatic N) is 1. The van der Waals surface area contributed by atoms with E-state index in [1.807, 2.05) is 19.1 Å². The Morgan fingerprint density at radius 1 is 1.08 bits per heavy atom. The van der Waals surface area contributed by atoms with Crippen LogP contribution in [0.25, 0.3) is 0 Å². The molecular weight excluding hydrogens is 320 g/mol. The number of anilines is 1. The van der Waals surface area contributed by atoms with Crippen LogP contribution in [0, 0.1) is 6.92 Å². The van der Waals surface area contributed by atoms with E-state index in [0.717, 1.165) is 5.56 Å². The van der Waals surface area contributed by atoms with Crippen LogP contribution in [-0.2, 0) is 4.79 Å². The smallest absolute Gasteiger partial charge is 0.262 e. The van der Waals surface area contributed by atoms with Crippen molar-refractivity contribution in [3.05, 3.63) is 53.6 Å². The highest BCUT2D eigenvalue weighted by Crippen LogP contribution is 2.27. The van der Waals surface area contributed by atoms with Crippen LogP contribution in [0.15, 0.2) is 42.5 Å². The summed E-state index contributed by atoms with van der Waals surface area (Å²) >= 11 is 0. The summed E-state index contributed by atoms with van der Waals surface area (Å²) in [4.78, 5) is 25.8. The van der Waals surface area contributed by atoms with Crippen molar-refractivity contribution in [2.24, 2.45) is 0 Å². The molecule has 0 saturated heterocycles. The zero-order valence-corrected chi connectivity index (χ0v) is 14.8. The predicted octanol–water partition coefficient (Wildman–Crippen LogP) is 2.72. The van der Waals surface area contributed by atoms with Crippen LogP contribution in [0.4, 0.5) is 5.69 Å². The third-order valence-electron chi connectivity index (χ3n) is 3.52. The number of methoxy groups -OCH3 is 1. The second kappa shape index (κ2) is 8.19. The van der Waals surface area contributed by atoms with Crippen molar-refractivity contribution in [3.8, 4) is 11.5 Å². The number of amides is 2. The standard InChI is InChI=1S/C19H22N2O4/c1-13-9-10-16(17(11-13)24-4)25-12-18(22)20-15-8-6-5-7-14(15)19(23)21(2)3/h5-11H,12H2,1-4H3,(H,20,22). The molecule has 0 radical (unpaired) electrons. The Morgan fingerprint density at radius 2 is 1.80 bits per heavy atom. The summed E-state index contributed by atoms with van der Waals surface area (Å²) in [6.45, 7) is 1.75. The minimum atomic E-state index is -0.360. The third kappa shape index (κ3) is 4.73. The lowest BCUT2D eigenvalue weighted by Crippen LogP contribution is -2.25. The second-order valence-electron chi connectivity index (χ2n) is 5.74. The third-order valence-corrected chi connectivity index (χ3v) is 3.52. The highest BCUT2D eigenvalue weighted by molar-refractivity contribution is 6.03. The SMILES string of the molecule is COc1cc(C)ccc1OCC(=O)Nc1ccccc1C(=O)N(C)C. The summed E-state index contributed by atoms with van der Waals surface area (Å²) in [5.74, 6) is 0.510. The lowest BCUT2D eigenvalue weighted by molar-refractivity contribution is -0.118. The van der Waals surface area contributed by atoms with Crippen molar-refractivity contribution in [1.82, 2.24) is 4.90 Å². The minimum absolute atomic E-state index is 0.183. The van der Waals surface area contributed by atoms with Crippen molar-refractivity contribution in [1.29, 1.82) is 0 Å². The number of hydrogen-bond acceptors (Lipinski definition) is 4. The van der Waals surface area contributed by atoms with Crippen LogP contribution < -0.4 is 14.8 Å². The quantitative estimate of drug-likeness (QED) is 0.876. The molecule has 2 aromatic rings. The minimum Gasteiger partial charge on any atom is -0.493 e. The van der Waals surface area contributed by atoms with Gasteiger partial charge in [-0.1, -0.05) is 18.2 Å². The molecular formula is C19H22N2O4. The summed E-state index contributed by atoms with van der Waals surface area (Å²) in [7, 11) is 4.87. The Morgan fingerprint density at radius 3 is 2.48 bits per heavy atom. The van der Waals surface area contributed by atoms with E-state index < -0.39 is 0 Å². The van der Waals surface area contributed by atoms with Gasteiger partial charge in [0.2, 0.25) is 0 Å². The maximum atomic E-state index is 12.2. The first kappa shape index (κ1) is 18.3. The molecule has 0 heterocycles. The molecule has 132 valence electrons. The molecule has 0 atom stereocenters. The number of para-hydroxylation sites is 1. The van der Waals surface area contributed by atoms with E-state index in [1.165, 1.54) is 4.90 Å². The fourth-order valence-electron chi connectivity index (χ4n) is 2.24. The maximum absolute atomic E-state index is 12.2. The molecule has 2 amide bonds. The fourth-order valence-corrected chi connectivity index (χ4v) is 2.24. The van der Waals surface area contributed by atoms with E-state index in [-0.39, 0.29) is 18.4 Å². The van der Waals surface area contributed by atoms with Gasteiger partial charge in [-0.15, -0.1) is 0 Å². The van der Waals surface area contributed by atoms with E-state index in [0.29, 0.717) is 22.7 Å². The molecule has 0 fully saturated rings. The molecule has 2 aromatic carbocycles. The first-order chi connectivity index (χ1) is 11.9. The van der Waals surface area contributed by atoms with E-state index >= 15 is 0 Å². The van der Waals surface area contributed by atoms with Gasteiger partial charge in [-0.2, -0.15) is 0 Å². The molecule has 0 aliphatic rings. The molecule has 0 saturated carbocycles. The molecule has 0 aromatic heterocycles. The molecule has 25 heavy (non-hydrogen) atoms. The van der Waals surface area contributed by atoms with Gasteiger partial charge < -0.3 is 19.7 Å². The number of nitrogens with one attached hydrogen (secondary N) is 1. The Hall–Kier alpha value is -3.02. The van der Waals surface area contributed by atoms with Crippen molar-refractivity contribution >= 4 is 17.5 Å². The maximum Gasteiger partial charge on any atom is 0.262 e. The number of aryl methyl sites for hydroxylation is 1. The summed E-state index contributed by atoms with van der Waals surface area (Å²) in [5, 5.41) is 2.71. The highest BCUT2D eigenvalue weighted by Gasteiger charge is 2.15. The van der Waals surface area contributed by atoms with Gasteiger partial charge in [-0.05, 0) is 36.8 Å². The summed E-state index contributed by atoms with van der Waals surface area (Å²) in [5.41, 5.74) is 1.91. The monoisotopic (exact) mass is 342 g/mol. The normalized spacial score (nSPS) is 10.1. The highest BCUT2D eigenvalue weighted by atomic mass is 16.5. The molecule has 1 N–H and O–H groups in total. The molecule has 0 unspecified atom stereocenters. The van der Waals surface area contributed by atoms with E-state index in [1.54, 1.807) is 51.5 Å². The summed E-state index contributed by atoms with van der Waals surface area (Å²) in [6.07, 6.45) is 0. The number of hydrogen-bond donors (Lipinski definition) is 1. The van der Waals surface area contributed by atoms with Crippen molar-refractivity contribution in [2.75, 3.05) is 33.1 Å². The summed E-state index contributed by atoms with van der Waals surface area (Å²) in [6, 6.07) is 12.3. The van der Waals surface area contributed by atoms with Gasteiger partial charge in [0, 0.05) is 14.1 Å². The van der Waals surface area contributed by atoms with Gasteiger partial charge in [0.25, 0.3) is 11.8 Å². The Labute approximate surface area is 147 Å². The van der Waals surface area contributed by atoms with E-state index in [2.05, 4.69) is 5.32 Å². The van der Waals surface area contributed by atoms with Crippen molar-refractivity contribution < 1.29 is 19.1 Å². The van der Waals surface area contributed by atoms with E-state index in [9.17, 15) is 9.59 Å². The molecule has 0 spiro atoms. The van der Waals surface area contributed by atoms with Gasteiger partial charge in [-0.25, -0.2) is 0 Å². The fraction of sp³-hybridized carbons (Fsp3) is 0.263. The molecule has 6 nitrogen and oxygen atoms in total. The Kier molecular flexibility index (Phi) is 6.00. The number of ether oxygens (including phenoxy) is 2. The largest absolute Gasteiger partial charge is 0.493 e. The number of carbonyl (C=O) groups is 2. The zero-order chi connectivity index (χ0) is 18.4. The number of rotatable bonds is 6. The van der Waals surface area contributed by atoms with E-state index in [4.69, 9.17) is 9.47 Å². The zero-order valence-electron chi connectivity index (χ0n) is 14.8. The van der Waals surface area contributed by atoms with Crippen LogP contribution in [0.5, 0.6) is 11.5 Å². The van der Waals surface area contributed by atoms with Gasteiger partial charge in [0.1, 0.15) is 0 Å². The first-order valence-corrected chi connectivity index (χ1v) is 7.80. The molecule has 2 rings (SSSR count). The van der Waals surface area contributed by atoms with Gasteiger partial charge in [0.05, 0.1) is 18.4 Å². The average Bonchev–Trinajstić information content (AvgIpc) is 2.60. The number of carbonyl (C=O) groups excluding carboxylic acids is 2. The molecule has 0 bridgehead atoms. The lowest BCUT2D eigenvalue weighted by Gasteiger charge is -2.15. The van der Waals surface area contributed by atoms with Crippen LogP contribution in [-0.4, -0.2) is 44.5 Å². The molecule has 0 aliphatic carbocycles. The number of benzene rings is 2. The van der Waals surface area contributed by atoms with Crippen LogP contribution in [0.1, 0.15) is 15.9 Å². The Balaban J connectivity index is 2.06. The van der Waals surface area contributed by atoms with Gasteiger partial charge in [-0.3, -0.25) is 9.59 Å². The van der Waals surface area contributed by atoms with Crippen molar-refractivity contribution in [3.63, 3.8) is 0 Å². The lowest BCUT2D eigenvalue weighted by atomic mass is 10.1. The first-order valence-electron chi connectivity index (χ1n) is 7.80.